The minimum atomic E-state index is 0.586. The van der Waals surface area contributed by atoms with Crippen LogP contribution in [0.3, 0.4) is 0 Å². The Kier molecular flexibility index (Phi) is 2.28. The van der Waals surface area contributed by atoms with Crippen molar-refractivity contribution in [2.75, 3.05) is 5.32 Å². The van der Waals surface area contributed by atoms with Gasteiger partial charge in [0.25, 0.3) is 0 Å². The molecule has 0 bridgehead atoms. The molecule has 0 radical (unpaired) electrons. The Hall–Kier alpha value is -2.17. The van der Waals surface area contributed by atoms with Crippen LogP contribution in [-0.2, 0) is 0 Å². The molecule has 1 saturated carbocycles. The molecule has 0 saturated heterocycles. The highest BCUT2D eigenvalue weighted by atomic mass is 15.3. The summed E-state index contributed by atoms with van der Waals surface area (Å²) in [5, 5.41) is 9.22. The molecule has 5 nitrogen and oxygen atoms in total. The Morgan fingerprint density at radius 3 is 2.60 bits per heavy atom. The maximum Gasteiger partial charge on any atom is 0.184 e. The van der Waals surface area contributed by atoms with E-state index in [4.69, 9.17) is 0 Å². The zero-order valence-electron chi connectivity index (χ0n) is 11.9. The average Bonchev–Trinajstić information content (AvgIpc) is 3.09. The number of hydrogen-bond donors (Lipinski definition) is 1. The highest BCUT2D eigenvalue weighted by Gasteiger charge is 2.23. The van der Waals surface area contributed by atoms with Crippen LogP contribution in [0.15, 0.2) is 12.1 Å². The van der Waals surface area contributed by atoms with Crippen molar-refractivity contribution in [1.82, 2.24) is 19.6 Å². The molecule has 0 spiro atoms. The lowest BCUT2D eigenvalue weighted by Crippen LogP contribution is -2.08. The van der Waals surface area contributed by atoms with Gasteiger partial charge in [0.15, 0.2) is 11.3 Å². The molecular formula is C15H17N5. The number of fused-ring (bicyclic) bond motifs is 3. The van der Waals surface area contributed by atoms with Crippen LogP contribution in [0.1, 0.15) is 29.8 Å². The number of aryl methyl sites for hydroxylation is 3. The molecular weight excluding hydrogens is 250 g/mol. The fourth-order valence-corrected chi connectivity index (χ4v) is 2.68. The lowest BCUT2D eigenvalue weighted by Gasteiger charge is -2.07. The molecule has 0 aliphatic heterocycles. The van der Waals surface area contributed by atoms with Crippen LogP contribution in [0, 0.1) is 20.8 Å². The number of pyridine rings is 1. The average molecular weight is 267 g/mol. The van der Waals surface area contributed by atoms with E-state index in [9.17, 15) is 0 Å². The lowest BCUT2D eigenvalue weighted by atomic mass is 10.2. The first-order valence-electron chi connectivity index (χ1n) is 7.03. The molecule has 3 aromatic rings. The highest BCUT2D eigenvalue weighted by molar-refractivity contribution is 5.93. The van der Waals surface area contributed by atoms with Gasteiger partial charge in [-0.25, -0.2) is 9.97 Å². The summed E-state index contributed by atoms with van der Waals surface area (Å²) in [4.78, 5) is 9.20. The van der Waals surface area contributed by atoms with Crippen LogP contribution < -0.4 is 5.32 Å². The second kappa shape index (κ2) is 3.91. The van der Waals surface area contributed by atoms with E-state index in [0.29, 0.717) is 6.04 Å². The van der Waals surface area contributed by atoms with Crippen LogP contribution in [0.2, 0.25) is 0 Å². The third-order valence-corrected chi connectivity index (χ3v) is 3.73. The van der Waals surface area contributed by atoms with Crippen LogP contribution in [0.5, 0.6) is 0 Å². The van der Waals surface area contributed by atoms with Gasteiger partial charge in [-0.3, -0.25) is 0 Å². The number of nitrogens with one attached hydrogen (secondary N) is 1. The molecule has 0 atom stereocenters. The van der Waals surface area contributed by atoms with Crippen LogP contribution in [0.4, 0.5) is 5.82 Å². The third kappa shape index (κ3) is 1.73. The normalized spacial score (nSPS) is 15.2. The van der Waals surface area contributed by atoms with Gasteiger partial charge >= 0.3 is 0 Å². The first kappa shape index (κ1) is 11.6. The monoisotopic (exact) mass is 267 g/mol. The van der Waals surface area contributed by atoms with E-state index in [2.05, 4.69) is 39.4 Å². The van der Waals surface area contributed by atoms with E-state index in [-0.39, 0.29) is 0 Å². The van der Waals surface area contributed by atoms with Gasteiger partial charge in [0, 0.05) is 23.5 Å². The summed E-state index contributed by atoms with van der Waals surface area (Å²) in [6, 6.07) is 4.73. The van der Waals surface area contributed by atoms with Crippen LogP contribution in [-0.4, -0.2) is 25.6 Å². The van der Waals surface area contributed by atoms with Gasteiger partial charge in [0.1, 0.15) is 5.82 Å². The summed E-state index contributed by atoms with van der Waals surface area (Å²) >= 11 is 0. The number of anilines is 1. The van der Waals surface area contributed by atoms with Crippen molar-refractivity contribution in [2.45, 2.75) is 39.7 Å². The Morgan fingerprint density at radius 2 is 1.85 bits per heavy atom. The van der Waals surface area contributed by atoms with Gasteiger partial charge in [-0.05, 0) is 45.2 Å². The largest absolute Gasteiger partial charge is 0.367 e. The third-order valence-electron chi connectivity index (χ3n) is 3.73. The Bertz CT molecular complexity index is 829. The minimum Gasteiger partial charge on any atom is -0.367 e. The van der Waals surface area contributed by atoms with Crippen molar-refractivity contribution in [3.63, 3.8) is 0 Å². The molecule has 1 fully saturated rings. The summed E-state index contributed by atoms with van der Waals surface area (Å²) in [5.74, 6) is 1.02. The molecule has 1 aliphatic carbocycles. The van der Waals surface area contributed by atoms with Gasteiger partial charge < -0.3 is 5.32 Å². The minimum absolute atomic E-state index is 0.586. The molecule has 1 aliphatic rings. The maximum absolute atomic E-state index is 4.66. The summed E-state index contributed by atoms with van der Waals surface area (Å²) in [7, 11) is 0. The van der Waals surface area contributed by atoms with Crippen molar-refractivity contribution in [3.8, 4) is 0 Å². The molecule has 3 aromatic heterocycles. The van der Waals surface area contributed by atoms with Gasteiger partial charge in [0.2, 0.25) is 0 Å². The number of nitrogens with zero attached hydrogens (tertiary/aromatic N) is 4. The van der Waals surface area contributed by atoms with Crippen molar-refractivity contribution < 1.29 is 0 Å². The van der Waals surface area contributed by atoms with E-state index in [0.717, 1.165) is 33.9 Å². The molecule has 5 heteroatoms. The van der Waals surface area contributed by atoms with E-state index < -0.39 is 0 Å². The first-order chi connectivity index (χ1) is 9.61. The summed E-state index contributed by atoms with van der Waals surface area (Å²) in [6.07, 6.45) is 2.47. The number of aromatic nitrogens is 4. The standard InChI is InChI=1S/C15H17N5/c1-8-6-9(2)16-14-13(8)15-17-10(3)7-12(20(15)19-14)18-11-4-5-11/h6-7,11,18H,4-5H2,1-3H3. The molecule has 0 aromatic carbocycles. The quantitative estimate of drug-likeness (QED) is 0.775. The topological polar surface area (TPSA) is 55.1 Å². The van der Waals surface area contributed by atoms with Gasteiger partial charge in [-0.2, -0.15) is 4.52 Å². The summed E-state index contributed by atoms with van der Waals surface area (Å²) < 4.78 is 1.90. The smallest absolute Gasteiger partial charge is 0.184 e. The maximum atomic E-state index is 4.66. The Balaban J connectivity index is 2.07. The van der Waals surface area contributed by atoms with E-state index in [1.165, 1.54) is 18.4 Å². The molecule has 0 amide bonds. The van der Waals surface area contributed by atoms with E-state index >= 15 is 0 Å². The van der Waals surface area contributed by atoms with Crippen molar-refractivity contribution in [2.24, 2.45) is 0 Å². The lowest BCUT2D eigenvalue weighted by molar-refractivity contribution is 0.922. The zero-order chi connectivity index (χ0) is 13.9. The Labute approximate surface area is 117 Å². The second-order valence-electron chi connectivity index (χ2n) is 5.72. The summed E-state index contributed by atoms with van der Waals surface area (Å²) in [6.45, 7) is 6.11. The van der Waals surface area contributed by atoms with Gasteiger partial charge in [-0.15, -0.1) is 5.10 Å². The van der Waals surface area contributed by atoms with E-state index in [1.54, 1.807) is 0 Å². The molecule has 1 N–H and O–H groups in total. The SMILES string of the molecule is Cc1cc(C)c2c(n1)nn1c(NC3CC3)cc(C)nc21. The summed E-state index contributed by atoms with van der Waals surface area (Å²) in [5.41, 5.74) is 4.85. The van der Waals surface area contributed by atoms with Gasteiger partial charge in [0.05, 0.1) is 5.39 Å². The molecule has 102 valence electrons. The fraction of sp³-hybridized carbons (Fsp3) is 0.400. The van der Waals surface area contributed by atoms with Crippen molar-refractivity contribution >= 4 is 22.5 Å². The predicted octanol–water partition coefficient (Wildman–Crippen LogP) is 2.78. The van der Waals surface area contributed by atoms with Gasteiger partial charge in [-0.1, -0.05) is 0 Å². The predicted molar refractivity (Wildman–Crippen MR) is 79.1 cm³/mol. The molecule has 0 unspecified atom stereocenters. The highest BCUT2D eigenvalue weighted by Crippen LogP contribution is 2.28. The van der Waals surface area contributed by atoms with E-state index in [1.807, 2.05) is 18.4 Å². The van der Waals surface area contributed by atoms with Crippen LogP contribution in [0.25, 0.3) is 16.7 Å². The number of hydrogen-bond acceptors (Lipinski definition) is 4. The van der Waals surface area contributed by atoms with Crippen molar-refractivity contribution in [3.05, 3.63) is 29.1 Å². The number of rotatable bonds is 2. The van der Waals surface area contributed by atoms with Crippen LogP contribution >= 0.6 is 0 Å². The van der Waals surface area contributed by atoms with Crippen molar-refractivity contribution in [1.29, 1.82) is 0 Å². The zero-order valence-corrected chi connectivity index (χ0v) is 11.9. The Morgan fingerprint density at radius 1 is 1.10 bits per heavy atom. The second-order valence-corrected chi connectivity index (χ2v) is 5.72. The molecule has 4 rings (SSSR count). The molecule has 20 heavy (non-hydrogen) atoms. The fourth-order valence-electron chi connectivity index (χ4n) is 2.68. The first-order valence-corrected chi connectivity index (χ1v) is 7.03. The molecule has 3 heterocycles.